The number of para-hydroxylation sites is 3. The van der Waals surface area contributed by atoms with Crippen LogP contribution in [0.1, 0.15) is 10.4 Å². The molecule has 0 spiro atoms. The van der Waals surface area contributed by atoms with Gasteiger partial charge in [0.05, 0.1) is 5.97 Å². The van der Waals surface area contributed by atoms with Gasteiger partial charge in [-0.3, -0.25) is 0 Å². The van der Waals surface area contributed by atoms with Crippen molar-refractivity contribution in [1.29, 1.82) is 0 Å². The first-order valence-electron chi connectivity index (χ1n) is 6.98. The van der Waals surface area contributed by atoms with E-state index in [9.17, 15) is 9.90 Å². The van der Waals surface area contributed by atoms with Crippen LogP contribution in [0, 0.1) is 0 Å². The summed E-state index contributed by atoms with van der Waals surface area (Å²) in [5.41, 5.74) is -0.178. The quantitative estimate of drug-likeness (QED) is 0.369. The van der Waals surface area contributed by atoms with Crippen molar-refractivity contribution in [2.45, 2.75) is 0 Å². The predicted molar refractivity (Wildman–Crippen MR) is 90.6 cm³/mol. The fourth-order valence-corrected chi connectivity index (χ4v) is 1.50. The molecule has 0 aromatic heterocycles. The van der Waals surface area contributed by atoms with Crippen molar-refractivity contribution in [2.24, 2.45) is 0 Å². The summed E-state index contributed by atoms with van der Waals surface area (Å²) in [5.74, 6) is -0.981. The average Bonchev–Trinajstić information content (AvgIpc) is 2.57. The van der Waals surface area contributed by atoms with Gasteiger partial charge in [0.1, 0.15) is 17.2 Å². The minimum absolute atomic E-state index is 0. The van der Waals surface area contributed by atoms with Crippen LogP contribution >= 0.6 is 0 Å². The molecule has 0 aliphatic rings. The first-order chi connectivity index (χ1) is 11.5. The van der Waals surface area contributed by atoms with E-state index in [0.717, 1.165) is 0 Å². The average molecular weight is 388 g/mol. The number of carboxylic acid groups (broad SMARTS) is 1. The number of carboxylic acids is 1. The molecule has 0 saturated carbocycles. The van der Waals surface area contributed by atoms with Gasteiger partial charge in [0, 0.05) is 5.56 Å². The fraction of sp³-hybridized carbons (Fsp3) is 0. The molecule has 4 N–H and O–H groups in total. The van der Waals surface area contributed by atoms with Crippen LogP contribution in [0.4, 0.5) is 0 Å². The zero-order valence-corrected chi connectivity index (χ0v) is 19.2. The molecule has 0 unspecified atom stereocenters. The summed E-state index contributed by atoms with van der Waals surface area (Å²) in [6.07, 6.45) is 0. The molecular weight excluding hydrogens is 370 g/mol. The number of phenolic OH excluding ortho intramolecular Hbond substituents is 2. The van der Waals surface area contributed by atoms with E-state index in [0.29, 0.717) is 11.5 Å². The SMILES string of the molecule is O=C([O-])c1ccccc1O.Oc1ccccc1.Oc1ccccc1.[Na+].[Na+].[OH-]. The van der Waals surface area contributed by atoms with Gasteiger partial charge in [-0.15, -0.1) is 0 Å². The molecule has 0 saturated heterocycles. The Balaban J connectivity index is -0.000000309. The molecule has 0 aliphatic heterocycles. The number of phenols is 3. The zero-order valence-electron chi connectivity index (χ0n) is 15.2. The van der Waals surface area contributed by atoms with Gasteiger partial charge in [0.2, 0.25) is 0 Å². The van der Waals surface area contributed by atoms with E-state index in [4.69, 9.17) is 15.3 Å². The second kappa shape index (κ2) is 17.9. The molecule has 0 aliphatic carbocycles. The van der Waals surface area contributed by atoms with Crippen molar-refractivity contribution in [1.82, 2.24) is 0 Å². The normalized spacial score (nSPS) is 7.85. The van der Waals surface area contributed by atoms with Gasteiger partial charge in [0.15, 0.2) is 0 Å². The minimum atomic E-state index is -1.36. The Kier molecular flexibility index (Phi) is 20.0. The maximum atomic E-state index is 10.2. The number of carbonyl (C=O) groups excluding carboxylic acids is 1. The Hall–Kier alpha value is -1.51. The standard InChI is InChI=1S/C7H6O3.2C6H6O.2Na.H2O/c8-6-4-2-1-3-5(6)7(9)10;2*7-6-4-2-1-3-5-6;;;/h1-4,8H,(H,9,10);2*1-5,7H;;;1H2/q;;;2*+1;/p-2. The van der Waals surface area contributed by atoms with Crippen LogP contribution in [-0.2, 0) is 0 Å². The van der Waals surface area contributed by atoms with E-state index >= 15 is 0 Å². The molecule has 8 heteroatoms. The molecule has 27 heavy (non-hydrogen) atoms. The third-order valence-corrected chi connectivity index (χ3v) is 2.64. The van der Waals surface area contributed by atoms with Crippen molar-refractivity contribution < 1.29 is 89.8 Å². The van der Waals surface area contributed by atoms with Crippen LogP contribution in [0.2, 0.25) is 0 Å². The van der Waals surface area contributed by atoms with Gasteiger partial charge in [0.25, 0.3) is 0 Å². The van der Waals surface area contributed by atoms with E-state index in [-0.39, 0.29) is 75.9 Å². The molecule has 0 amide bonds. The molecule has 0 heterocycles. The van der Waals surface area contributed by atoms with Gasteiger partial charge in [-0.2, -0.15) is 0 Å². The van der Waals surface area contributed by atoms with Crippen molar-refractivity contribution in [3.05, 3.63) is 90.5 Å². The molecule has 3 aromatic carbocycles. The van der Waals surface area contributed by atoms with Crippen LogP contribution in [0.5, 0.6) is 17.2 Å². The van der Waals surface area contributed by atoms with Gasteiger partial charge < -0.3 is 30.7 Å². The summed E-state index contributed by atoms with van der Waals surface area (Å²) in [5, 5.41) is 36.3. The Bertz CT molecular complexity index is 702. The Morgan fingerprint density at radius 1 is 0.630 bits per heavy atom. The van der Waals surface area contributed by atoms with Crippen LogP contribution in [0.3, 0.4) is 0 Å². The summed E-state index contributed by atoms with van der Waals surface area (Å²) >= 11 is 0. The number of carbonyl (C=O) groups is 1. The second-order valence-corrected chi connectivity index (χ2v) is 4.48. The fourth-order valence-electron chi connectivity index (χ4n) is 1.50. The van der Waals surface area contributed by atoms with Gasteiger partial charge >= 0.3 is 59.1 Å². The maximum absolute atomic E-state index is 10.2. The summed E-state index contributed by atoms with van der Waals surface area (Å²) in [6, 6.07) is 23.1. The summed E-state index contributed by atoms with van der Waals surface area (Å²) in [7, 11) is 0. The number of hydrogen-bond acceptors (Lipinski definition) is 6. The van der Waals surface area contributed by atoms with Crippen molar-refractivity contribution in [3.8, 4) is 17.2 Å². The van der Waals surface area contributed by atoms with Crippen LogP contribution in [-0.4, -0.2) is 26.8 Å². The van der Waals surface area contributed by atoms with Crippen LogP contribution < -0.4 is 64.2 Å². The maximum Gasteiger partial charge on any atom is 1.00 e. The zero-order chi connectivity index (χ0) is 17.8. The van der Waals surface area contributed by atoms with Crippen molar-refractivity contribution in [2.75, 3.05) is 0 Å². The monoisotopic (exact) mass is 388 g/mol. The molecule has 0 bridgehead atoms. The topological polar surface area (TPSA) is 131 Å². The number of aromatic carboxylic acids is 1. The molecule has 6 nitrogen and oxygen atoms in total. The summed E-state index contributed by atoms with van der Waals surface area (Å²) < 4.78 is 0. The molecule has 3 aromatic rings. The smallest absolute Gasteiger partial charge is 0.870 e. The minimum Gasteiger partial charge on any atom is -0.870 e. The van der Waals surface area contributed by atoms with E-state index < -0.39 is 5.97 Å². The van der Waals surface area contributed by atoms with Gasteiger partial charge in [-0.1, -0.05) is 48.5 Å². The molecule has 0 fully saturated rings. The number of benzene rings is 3. The van der Waals surface area contributed by atoms with E-state index in [1.807, 2.05) is 12.1 Å². The predicted octanol–water partition coefficient (Wildman–Crippen LogP) is -3.63. The van der Waals surface area contributed by atoms with E-state index in [2.05, 4.69) is 0 Å². The first kappa shape index (κ1) is 30.2. The molecular formula is C19H18Na2O6. The largest absolute Gasteiger partial charge is 1.00 e. The Morgan fingerprint density at radius 2 is 0.963 bits per heavy atom. The van der Waals surface area contributed by atoms with Crippen LogP contribution in [0.15, 0.2) is 84.9 Å². The summed E-state index contributed by atoms with van der Waals surface area (Å²) in [6.45, 7) is 0. The second-order valence-electron chi connectivity index (χ2n) is 4.48. The summed E-state index contributed by atoms with van der Waals surface area (Å²) in [4.78, 5) is 10.2. The van der Waals surface area contributed by atoms with Gasteiger partial charge in [-0.05, 0) is 36.4 Å². The Morgan fingerprint density at radius 3 is 1.19 bits per heavy atom. The van der Waals surface area contributed by atoms with Crippen molar-refractivity contribution in [3.63, 3.8) is 0 Å². The van der Waals surface area contributed by atoms with Crippen LogP contribution in [0.25, 0.3) is 0 Å². The molecule has 0 atom stereocenters. The van der Waals surface area contributed by atoms with E-state index in [1.54, 1.807) is 54.6 Å². The van der Waals surface area contributed by atoms with E-state index in [1.165, 1.54) is 18.2 Å². The number of rotatable bonds is 1. The molecule has 132 valence electrons. The molecule has 0 radical (unpaired) electrons. The first-order valence-corrected chi connectivity index (χ1v) is 6.98. The molecule has 3 rings (SSSR count). The van der Waals surface area contributed by atoms with Crippen molar-refractivity contribution >= 4 is 5.97 Å². The third kappa shape index (κ3) is 14.2. The third-order valence-electron chi connectivity index (χ3n) is 2.64. The Labute approximate surface area is 202 Å². The number of hydrogen-bond donors (Lipinski definition) is 3. The number of aromatic hydroxyl groups is 3. The van der Waals surface area contributed by atoms with Gasteiger partial charge in [-0.25, -0.2) is 0 Å².